The van der Waals surface area contributed by atoms with Gasteiger partial charge < -0.3 is 15.4 Å². The fourth-order valence-corrected chi connectivity index (χ4v) is 2.88. The highest BCUT2D eigenvalue weighted by Gasteiger charge is 2.22. The van der Waals surface area contributed by atoms with Crippen molar-refractivity contribution < 1.29 is 9.53 Å². The van der Waals surface area contributed by atoms with E-state index in [4.69, 9.17) is 4.74 Å². The van der Waals surface area contributed by atoms with E-state index in [1.54, 1.807) is 7.11 Å². The van der Waals surface area contributed by atoms with E-state index in [9.17, 15) is 4.79 Å². The first-order chi connectivity index (χ1) is 10.8. The molecule has 2 amide bonds. The van der Waals surface area contributed by atoms with Crippen LogP contribution < -0.4 is 10.6 Å². The Labute approximate surface area is 133 Å². The van der Waals surface area contributed by atoms with E-state index in [0.717, 1.165) is 13.1 Å². The van der Waals surface area contributed by atoms with Crippen LogP contribution in [0.2, 0.25) is 0 Å². The number of amides is 2. The zero-order valence-corrected chi connectivity index (χ0v) is 13.4. The molecule has 1 aliphatic heterocycles. The summed E-state index contributed by atoms with van der Waals surface area (Å²) >= 11 is 0. The predicted molar refractivity (Wildman–Crippen MR) is 87.9 cm³/mol. The molecule has 0 bridgehead atoms. The Balaban J connectivity index is 1.91. The third-order valence-electron chi connectivity index (χ3n) is 4.06. The Hall–Kier alpha value is -1.59. The number of urea groups is 1. The van der Waals surface area contributed by atoms with Crippen LogP contribution in [0.15, 0.2) is 30.3 Å². The minimum atomic E-state index is -0.130. The number of nitrogens with one attached hydrogen (secondary N) is 2. The second-order valence-corrected chi connectivity index (χ2v) is 5.65. The molecule has 1 aromatic carbocycles. The van der Waals surface area contributed by atoms with Crippen LogP contribution >= 0.6 is 0 Å². The number of carbonyl (C=O) groups is 1. The first-order valence-electron chi connectivity index (χ1n) is 8.11. The van der Waals surface area contributed by atoms with Gasteiger partial charge in [0.05, 0.1) is 12.6 Å². The number of likely N-dealkylation sites (tertiary alicyclic amines) is 1. The molecule has 1 unspecified atom stereocenters. The summed E-state index contributed by atoms with van der Waals surface area (Å²) in [6, 6.07) is 10.6. The summed E-state index contributed by atoms with van der Waals surface area (Å²) in [5.41, 5.74) is 1.27. The number of carbonyl (C=O) groups excluding carboxylic acids is 1. The topological polar surface area (TPSA) is 53.6 Å². The summed E-state index contributed by atoms with van der Waals surface area (Å²) < 4.78 is 4.93. The van der Waals surface area contributed by atoms with Gasteiger partial charge in [-0.25, -0.2) is 4.79 Å². The van der Waals surface area contributed by atoms with E-state index in [0.29, 0.717) is 19.7 Å². The zero-order chi connectivity index (χ0) is 15.6. The predicted octanol–water partition coefficient (Wildman–Crippen LogP) is 2.16. The monoisotopic (exact) mass is 305 g/mol. The molecule has 5 nitrogen and oxygen atoms in total. The SMILES string of the molecule is COCCNC(=O)NCC(c1ccccc1)N1CCCCC1. The lowest BCUT2D eigenvalue weighted by Crippen LogP contribution is -2.44. The maximum absolute atomic E-state index is 11.8. The van der Waals surface area contributed by atoms with Crippen molar-refractivity contribution in [2.24, 2.45) is 0 Å². The fourth-order valence-electron chi connectivity index (χ4n) is 2.88. The van der Waals surface area contributed by atoms with Gasteiger partial charge in [0.1, 0.15) is 0 Å². The van der Waals surface area contributed by atoms with Crippen LogP contribution in [0.4, 0.5) is 4.79 Å². The molecule has 1 heterocycles. The van der Waals surface area contributed by atoms with Crippen LogP contribution in [0.3, 0.4) is 0 Å². The fraction of sp³-hybridized carbons (Fsp3) is 0.588. The average Bonchev–Trinajstić information content (AvgIpc) is 2.57. The molecular weight excluding hydrogens is 278 g/mol. The third kappa shape index (κ3) is 5.31. The minimum absolute atomic E-state index is 0.130. The Kier molecular flexibility index (Phi) is 7.19. The Bertz CT molecular complexity index is 433. The van der Waals surface area contributed by atoms with Crippen LogP contribution in [0, 0.1) is 0 Å². The molecule has 1 atom stereocenters. The number of benzene rings is 1. The van der Waals surface area contributed by atoms with Gasteiger partial charge >= 0.3 is 6.03 Å². The number of methoxy groups -OCH3 is 1. The maximum Gasteiger partial charge on any atom is 0.314 e. The molecule has 0 aliphatic carbocycles. The summed E-state index contributed by atoms with van der Waals surface area (Å²) in [5.74, 6) is 0. The first kappa shape index (κ1) is 16.8. The number of hydrogen-bond acceptors (Lipinski definition) is 3. The van der Waals surface area contributed by atoms with Crippen molar-refractivity contribution in [3.8, 4) is 0 Å². The van der Waals surface area contributed by atoms with Crippen LogP contribution in [-0.2, 0) is 4.74 Å². The van der Waals surface area contributed by atoms with Crippen molar-refractivity contribution >= 4 is 6.03 Å². The quantitative estimate of drug-likeness (QED) is 0.759. The number of hydrogen-bond donors (Lipinski definition) is 2. The van der Waals surface area contributed by atoms with Crippen molar-refractivity contribution in [2.45, 2.75) is 25.3 Å². The van der Waals surface area contributed by atoms with Gasteiger partial charge in [-0.05, 0) is 31.5 Å². The molecule has 2 N–H and O–H groups in total. The summed E-state index contributed by atoms with van der Waals surface area (Å²) in [7, 11) is 1.63. The van der Waals surface area contributed by atoms with Crippen LogP contribution in [0.5, 0.6) is 0 Å². The first-order valence-corrected chi connectivity index (χ1v) is 8.11. The van der Waals surface area contributed by atoms with Gasteiger partial charge in [-0.3, -0.25) is 4.90 Å². The molecule has 0 spiro atoms. The molecule has 1 aromatic rings. The summed E-state index contributed by atoms with van der Waals surface area (Å²) in [6.45, 7) is 3.89. The normalized spacial score (nSPS) is 17.0. The minimum Gasteiger partial charge on any atom is -0.383 e. The van der Waals surface area contributed by atoms with Crippen molar-refractivity contribution in [1.29, 1.82) is 0 Å². The van der Waals surface area contributed by atoms with Gasteiger partial charge in [-0.15, -0.1) is 0 Å². The molecule has 0 aromatic heterocycles. The summed E-state index contributed by atoms with van der Waals surface area (Å²) in [4.78, 5) is 14.3. The van der Waals surface area contributed by atoms with Crippen LogP contribution in [-0.4, -0.2) is 50.8 Å². The lowest BCUT2D eigenvalue weighted by atomic mass is 10.0. The Morgan fingerprint density at radius 3 is 2.59 bits per heavy atom. The summed E-state index contributed by atoms with van der Waals surface area (Å²) in [6.07, 6.45) is 3.79. The van der Waals surface area contributed by atoms with Gasteiger partial charge in [0, 0.05) is 20.2 Å². The van der Waals surface area contributed by atoms with E-state index in [2.05, 4.69) is 39.8 Å². The smallest absolute Gasteiger partial charge is 0.314 e. The van der Waals surface area contributed by atoms with Gasteiger partial charge in [0.2, 0.25) is 0 Å². The number of ether oxygens (including phenoxy) is 1. The van der Waals surface area contributed by atoms with E-state index in [-0.39, 0.29) is 12.1 Å². The van der Waals surface area contributed by atoms with E-state index in [1.165, 1.54) is 24.8 Å². The number of nitrogens with zero attached hydrogens (tertiary/aromatic N) is 1. The molecule has 5 heteroatoms. The van der Waals surface area contributed by atoms with Gasteiger partial charge in [-0.1, -0.05) is 36.8 Å². The molecule has 0 radical (unpaired) electrons. The highest BCUT2D eigenvalue weighted by atomic mass is 16.5. The Morgan fingerprint density at radius 1 is 1.18 bits per heavy atom. The third-order valence-corrected chi connectivity index (χ3v) is 4.06. The number of rotatable bonds is 7. The van der Waals surface area contributed by atoms with E-state index < -0.39 is 0 Å². The molecule has 22 heavy (non-hydrogen) atoms. The largest absolute Gasteiger partial charge is 0.383 e. The highest BCUT2D eigenvalue weighted by molar-refractivity contribution is 5.73. The van der Waals surface area contributed by atoms with E-state index in [1.807, 2.05) is 6.07 Å². The second kappa shape index (κ2) is 9.43. The second-order valence-electron chi connectivity index (χ2n) is 5.65. The molecule has 1 fully saturated rings. The van der Waals surface area contributed by atoms with Gasteiger partial charge in [0.25, 0.3) is 0 Å². The van der Waals surface area contributed by atoms with Crippen LogP contribution in [0.25, 0.3) is 0 Å². The molecular formula is C17H27N3O2. The molecule has 122 valence electrons. The van der Waals surface area contributed by atoms with Crippen molar-refractivity contribution in [3.05, 3.63) is 35.9 Å². The molecule has 0 saturated carbocycles. The van der Waals surface area contributed by atoms with Crippen LogP contribution in [0.1, 0.15) is 30.9 Å². The average molecular weight is 305 g/mol. The van der Waals surface area contributed by atoms with Crippen molar-refractivity contribution in [1.82, 2.24) is 15.5 Å². The number of piperidine rings is 1. The Morgan fingerprint density at radius 2 is 1.91 bits per heavy atom. The standard InChI is InChI=1S/C17H27N3O2/c1-22-13-10-18-17(21)19-14-16(15-8-4-2-5-9-15)20-11-6-3-7-12-20/h2,4-5,8-9,16H,3,6-7,10-14H2,1H3,(H2,18,19,21). The van der Waals surface area contributed by atoms with Crippen molar-refractivity contribution in [3.63, 3.8) is 0 Å². The lowest BCUT2D eigenvalue weighted by molar-refractivity contribution is 0.159. The molecule has 1 saturated heterocycles. The van der Waals surface area contributed by atoms with Gasteiger partial charge in [-0.2, -0.15) is 0 Å². The highest BCUT2D eigenvalue weighted by Crippen LogP contribution is 2.23. The zero-order valence-electron chi connectivity index (χ0n) is 13.4. The van der Waals surface area contributed by atoms with Crippen molar-refractivity contribution in [2.75, 3.05) is 39.9 Å². The summed E-state index contributed by atoms with van der Waals surface area (Å²) in [5, 5.41) is 5.79. The van der Waals surface area contributed by atoms with Gasteiger partial charge in [0.15, 0.2) is 0 Å². The van der Waals surface area contributed by atoms with E-state index >= 15 is 0 Å². The lowest BCUT2D eigenvalue weighted by Gasteiger charge is -2.35. The molecule has 2 rings (SSSR count). The molecule has 1 aliphatic rings. The maximum atomic E-state index is 11.8.